The minimum absolute atomic E-state index is 0.0112. The van der Waals surface area contributed by atoms with E-state index in [1.807, 2.05) is 0 Å². The molecule has 2 rings (SSSR count). The van der Waals surface area contributed by atoms with Crippen LogP contribution in [0.4, 0.5) is 0 Å². The minimum Gasteiger partial charge on any atom is -0.464 e. The van der Waals surface area contributed by atoms with E-state index in [4.69, 9.17) is 4.74 Å². The summed E-state index contributed by atoms with van der Waals surface area (Å²) < 4.78 is 9.25. The number of hydrogen-bond acceptors (Lipinski definition) is 6. The third kappa shape index (κ3) is 1.93. The molecular weight excluding hydrogens is 266 g/mol. The van der Waals surface area contributed by atoms with Gasteiger partial charge < -0.3 is 9.47 Å². The number of Topliss-reactive ketones (excluding diaryl/α,β-unsaturated/α-hetero) is 1. The van der Waals surface area contributed by atoms with Gasteiger partial charge in [0.25, 0.3) is 5.91 Å². The predicted octanol–water partition coefficient (Wildman–Crippen LogP) is 0.0451. The maximum absolute atomic E-state index is 12.4. The Morgan fingerprint density at radius 2 is 1.75 bits per heavy atom. The lowest BCUT2D eigenvalue weighted by Crippen LogP contribution is -2.65. The number of nitrogens with one attached hydrogen (secondary N) is 1. The highest BCUT2D eigenvalue weighted by atomic mass is 16.6. The van der Waals surface area contributed by atoms with Gasteiger partial charge >= 0.3 is 17.7 Å². The van der Waals surface area contributed by atoms with E-state index >= 15 is 0 Å². The summed E-state index contributed by atoms with van der Waals surface area (Å²) >= 11 is 0. The van der Waals surface area contributed by atoms with Crippen molar-refractivity contribution in [2.75, 3.05) is 7.11 Å². The molecule has 1 aromatic carbocycles. The molecule has 0 saturated heterocycles. The van der Waals surface area contributed by atoms with Gasteiger partial charge in [0.1, 0.15) is 0 Å². The number of methoxy groups -OCH3 is 1. The molecule has 1 N–H and O–H groups in total. The minimum atomic E-state index is -2.47. The summed E-state index contributed by atoms with van der Waals surface area (Å²) in [5.41, 5.74) is -2.38. The van der Waals surface area contributed by atoms with Crippen molar-refractivity contribution in [3.05, 3.63) is 35.4 Å². The van der Waals surface area contributed by atoms with Crippen molar-refractivity contribution < 1.29 is 28.7 Å². The van der Waals surface area contributed by atoms with E-state index in [0.29, 0.717) is 0 Å². The maximum atomic E-state index is 12.4. The zero-order chi connectivity index (χ0) is 14.9. The van der Waals surface area contributed by atoms with Crippen molar-refractivity contribution in [2.24, 2.45) is 0 Å². The van der Waals surface area contributed by atoms with Gasteiger partial charge in [-0.15, -0.1) is 0 Å². The number of ether oxygens (including phenoxy) is 2. The molecule has 0 aromatic heterocycles. The summed E-state index contributed by atoms with van der Waals surface area (Å²) in [6.45, 7) is 1.02. The molecule has 1 heterocycles. The fourth-order valence-corrected chi connectivity index (χ4v) is 1.97. The third-order valence-corrected chi connectivity index (χ3v) is 2.80. The van der Waals surface area contributed by atoms with E-state index in [1.54, 1.807) is 6.07 Å². The smallest absolute Gasteiger partial charge is 0.381 e. The summed E-state index contributed by atoms with van der Waals surface area (Å²) in [7, 11) is 1.02. The molecule has 1 amide bonds. The first kappa shape index (κ1) is 13.7. The van der Waals surface area contributed by atoms with Crippen molar-refractivity contribution in [3.8, 4) is 0 Å². The number of ketones is 1. The van der Waals surface area contributed by atoms with E-state index in [9.17, 15) is 19.2 Å². The molecule has 0 aliphatic carbocycles. The summed E-state index contributed by atoms with van der Waals surface area (Å²) in [4.78, 5) is 47.4. The number of esters is 2. The van der Waals surface area contributed by atoms with Crippen LogP contribution in [0.1, 0.15) is 27.6 Å². The SMILES string of the molecule is COC(=O)C1(OC(C)=O)NC(=O)c2ccccc2C1=O. The van der Waals surface area contributed by atoms with Crippen LogP contribution in [0, 0.1) is 0 Å². The Labute approximate surface area is 113 Å². The number of benzene rings is 1. The molecule has 0 bridgehead atoms. The van der Waals surface area contributed by atoms with Crippen molar-refractivity contribution in [1.29, 1.82) is 0 Å². The van der Waals surface area contributed by atoms with E-state index < -0.39 is 29.4 Å². The first-order valence-corrected chi connectivity index (χ1v) is 5.66. The van der Waals surface area contributed by atoms with Gasteiger partial charge in [-0.25, -0.2) is 4.79 Å². The Bertz CT molecular complexity index is 623. The standard InChI is InChI=1S/C13H11NO6/c1-7(15)20-13(12(18)19-2)10(16)8-5-3-4-6-9(8)11(17)14-13/h3-6H,1-2H3,(H,14,17). The van der Waals surface area contributed by atoms with E-state index in [0.717, 1.165) is 14.0 Å². The van der Waals surface area contributed by atoms with Gasteiger partial charge in [-0.3, -0.25) is 19.7 Å². The van der Waals surface area contributed by atoms with Gasteiger partial charge in [0.2, 0.25) is 5.78 Å². The quantitative estimate of drug-likeness (QED) is 0.605. The average Bonchev–Trinajstić information content (AvgIpc) is 2.43. The molecule has 20 heavy (non-hydrogen) atoms. The second-order valence-electron chi connectivity index (χ2n) is 4.10. The lowest BCUT2D eigenvalue weighted by atomic mass is 9.91. The van der Waals surface area contributed by atoms with Gasteiger partial charge in [-0.1, -0.05) is 18.2 Å². The molecule has 1 aromatic rings. The number of carbonyl (C=O) groups is 4. The van der Waals surface area contributed by atoms with Crippen molar-refractivity contribution >= 4 is 23.6 Å². The van der Waals surface area contributed by atoms with Crippen LogP contribution in [-0.2, 0) is 19.1 Å². The lowest BCUT2D eigenvalue weighted by molar-refractivity contribution is -0.175. The first-order valence-electron chi connectivity index (χ1n) is 5.66. The monoisotopic (exact) mass is 277 g/mol. The molecule has 1 aliphatic rings. The van der Waals surface area contributed by atoms with E-state index in [1.165, 1.54) is 18.2 Å². The molecule has 0 fully saturated rings. The summed E-state index contributed by atoms with van der Waals surface area (Å²) in [6, 6.07) is 5.91. The van der Waals surface area contributed by atoms with Gasteiger partial charge in [0.05, 0.1) is 12.7 Å². The predicted molar refractivity (Wildman–Crippen MR) is 64.8 cm³/mol. The zero-order valence-electron chi connectivity index (χ0n) is 10.8. The fourth-order valence-electron chi connectivity index (χ4n) is 1.97. The van der Waals surface area contributed by atoms with Crippen LogP contribution in [0.3, 0.4) is 0 Å². The van der Waals surface area contributed by atoms with Crippen molar-refractivity contribution in [2.45, 2.75) is 12.6 Å². The molecule has 1 aliphatic heterocycles. The lowest BCUT2D eigenvalue weighted by Gasteiger charge is -2.33. The maximum Gasteiger partial charge on any atom is 0.381 e. The second-order valence-corrected chi connectivity index (χ2v) is 4.10. The zero-order valence-corrected chi connectivity index (χ0v) is 10.8. The van der Waals surface area contributed by atoms with Crippen LogP contribution >= 0.6 is 0 Å². The number of hydrogen-bond donors (Lipinski definition) is 1. The van der Waals surface area contributed by atoms with Crippen LogP contribution in [-0.4, -0.2) is 36.5 Å². The van der Waals surface area contributed by atoms with Crippen LogP contribution < -0.4 is 5.32 Å². The van der Waals surface area contributed by atoms with Crippen molar-refractivity contribution in [1.82, 2.24) is 5.32 Å². The number of amides is 1. The molecule has 0 spiro atoms. The molecule has 7 heteroatoms. The van der Waals surface area contributed by atoms with Crippen LogP contribution in [0.25, 0.3) is 0 Å². The third-order valence-electron chi connectivity index (χ3n) is 2.80. The number of fused-ring (bicyclic) bond motifs is 1. The molecular formula is C13H11NO6. The summed E-state index contributed by atoms with van der Waals surface area (Å²) in [5.74, 6) is -3.62. The number of carbonyl (C=O) groups excluding carboxylic acids is 4. The van der Waals surface area contributed by atoms with Crippen LogP contribution in [0.15, 0.2) is 24.3 Å². The van der Waals surface area contributed by atoms with Crippen molar-refractivity contribution in [3.63, 3.8) is 0 Å². The Hall–Kier alpha value is -2.70. The Kier molecular flexibility index (Phi) is 3.27. The second kappa shape index (κ2) is 4.76. The van der Waals surface area contributed by atoms with Crippen LogP contribution in [0.2, 0.25) is 0 Å². The molecule has 1 atom stereocenters. The molecule has 0 radical (unpaired) electrons. The number of rotatable bonds is 2. The molecule has 1 unspecified atom stereocenters. The molecule has 7 nitrogen and oxygen atoms in total. The highest BCUT2D eigenvalue weighted by Crippen LogP contribution is 2.26. The topological polar surface area (TPSA) is 98.8 Å². The Morgan fingerprint density at radius 3 is 2.30 bits per heavy atom. The van der Waals surface area contributed by atoms with Gasteiger partial charge in [0.15, 0.2) is 0 Å². The first-order chi connectivity index (χ1) is 9.42. The fraction of sp³-hybridized carbons (Fsp3) is 0.231. The largest absolute Gasteiger partial charge is 0.464 e. The van der Waals surface area contributed by atoms with Gasteiger partial charge in [-0.2, -0.15) is 0 Å². The van der Waals surface area contributed by atoms with Gasteiger partial charge in [-0.05, 0) is 6.07 Å². The Morgan fingerprint density at radius 1 is 1.15 bits per heavy atom. The van der Waals surface area contributed by atoms with Gasteiger partial charge in [0, 0.05) is 12.5 Å². The van der Waals surface area contributed by atoms with Crippen LogP contribution in [0.5, 0.6) is 0 Å². The Balaban J connectivity index is 2.61. The molecule has 104 valence electrons. The highest BCUT2D eigenvalue weighted by Gasteiger charge is 2.56. The summed E-state index contributed by atoms with van der Waals surface area (Å²) in [5, 5.41) is 2.11. The van der Waals surface area contributed by atoms with E-state index in [2.05, 4.69) is 10.1 Å². The summed E-state index contributed by atoms with van der Waals surface area (Å²) in [6.07, 6.45) is 0. The normalized spacial score (nSPS) is 20.7. The highest BCUT2D eigenvalue weighted by molar-refractivity contribution is 6.25. The average molecular weight is 277 g/mol. The van der Waals surface area contributed by atoms with E-state index in [-0.39, 0.29) is 11.1 Å². The molecule has 0 saturated carbocycles.